The zero-order valence-electron chi connectivity index (χ0n) is 10.3. The molecule has 0 aliphatic rings. The normalized spacial score (nSPS) is 11.3. The quantitative estimate of drug-likeness (QED) is 0.746. The van der Waals surface area contributed by atoms with Crippen molar-refractivity contribution in [3.8, 4) is 11.1 Å². The van der Waals surface area contributed by atoms with E-state index in [1.165, 1.54) is 0 Å². The Hall–Kier alpha value is -2.14. The van der Waals surface area contributed by atoms with Crippen molar-refractivity contribution in [2.75, 3.05) is 0 Å². The van der Waals surface area contributed by atoms with Crippen LogP contribution in [-0.4, -0.2) is 14.8 Å². The van der Waals surface area contributed by atoms with Crippen LogP contribution >= 0.6 is 0 Å². The summed E-state index contributed by atoms with van der Waals surface area (Å²) in [6.45, 7) is 2.26. The first-order chi connectivity index (χ1) is 8.67. The molecule has 0 atom stereocenters. The molecule has 3 rings (SSSR count). The van der Waals surface area contributed by atoms with Crippen LogP contribution in [0.25, 0.3) is 22.2 Å². The number of nitrogens with two attached hydrogens (primary N) is 1. The Kier molecular flexibility index (Phi) is 2.41. The Labute approximate surface area is 104 Å². The van der Waals surface area contributed by atoms with Crippen LogP contribution in [0.2, 0.25) is 0 Å². The van der Waals surface area contributed by atoms with Gasteiger partial charge in [-0.3, -0.25) is 4.68 Å². The minimum absolute atomic E-state index is 0.420. The summed E-state index contributed by atoms with van der Waals surface area (Å²) in [4.78, 5) is 4.28. The van der Waals surface area contributed by atoms with Crippen LogP contribution in [0.5, 0.6) is 0 Å². The minimum atomic E-state index is 0.420. The van der Waals surface area contributed by atoms with Gasteiger partial charge in [-0.05, 0) is 17.7 Å². The van der Waals surface area contributed by atoms with E-state index in [0.717, 1.165) is 27.9 Å². The summed E-state index contributed by atoms with van der Waals surface area (Å²) in [6.07, 6.45) is 1.96. The number of rotatable bonds is 2. The number of hydrogen-bond acceptors (Lipinski definition) is 4. The largest absolute Gasteiger partial charge is 0.441 e. The molecule has 1 aromatic carbocycles. The first-order valence-electron chi connectivity index (χ1n) is 5.77. The Balaban J connectivity index is 2.18. The first-order valence-corrected chi connectivity index (χ1v) is 5.77. The second-order valence-corrected chi connectivity index (χ2v) is 4.28. The molecule has 2 N–H and O–H groups in total. The molecule has 0 bridgehead atoms. The fraction of sp³-hybridized carbons (Fsp3) is 0.231. The third-order valence-corrected chi connectivity index (χ3v) is 2.91. The van der Waals surface area contributed by atoms with Gasteiger partial charge in [-0.2, -0.15) is 5.10 Å². The fourth-order valence-corrected chi connectivity index (χ4v) is 2.13. The van der Waals surface area contributed by atoms with Gasteiger partial charge in [-0.25, -0.2) is 4.98 Å². The van der Waals surface area contributed by atoms with Gasteiger partial charge < -0.3 is 10.2 Å². The molecule has 0 aliphatic carbocycles. The van der Waals surface area contributed by atoms with Crippen LogP contribution in [-0.2, 0) is 13.6 Å². The molecule has 0 saturated carbocycles. The smallest absolute Gasteiger partial charge is 0.192 e. The predicted octanol–water partition coefficient (Wildman–Crippen LogP) is 2.00. The first kappa shape index (κ1) is 11.0. The summed E-state index contributed by atoms with van der Waals surface area (Å²) in [7, 11) is 1.89. The van der Waals surface area contributed by atoms with Crippen LogP contribution in [0.1, 0.15) is 11.6 Å². The molecule has 0 radical (unpaired) electrons. The van der Waals surface area contributed by atoms with Crippen LogP contribution in [0.4, 0.5) is 0 Å². The standard InChI is InChI=1S/C13H14N4O/c1-8-15-11-4-3-9(5-13(11)18-8)10-7-17(2)16-12(10)6-14/h3-5,7H,6,14H2,1-2H3. The van der Waals surface area contributed by atoms with E-state index in [9.17, 15) is 0 Å². The van der Waals surface area contributed by atoms with E-state index in [2.05, 4.69) is 10.1 Å². The van der Waals surface area contributed by atoms with Crippen molar-refractivity contribution in [3.05, 3.63) is 36.0 Å². The van der Waals surface area contributed by atoms with E-state index in [-0.39, 0.29) is 0 Å². The highest BCUT2D eigenvalue weighted by Crippen LogP contribution is 2.26. The summed E-state index contributed by atoms with van der Waals surface area (Å²) >= 11 is 0. The lowest BCUT2D eigenvalue weighted by Crippen LogP contribution is -1.99. The van der Waals surface area contributed by atoms with Gasteiger partial charge in [0.25, 0.3) is 0 Å². The van der Waals surface area contributed by atoms with Crippen molar-refractivity contribution in [1.82, 2.24) is 14.8 Å². The van der Waals surface area contributed by atoms with E-state index < -0.39 is 0 Å². The van der Waals surface area contributed by atoms with Gasteiger partial charge in [0.05, 0.1) is 5.69 Å². The molecule has 2 aromatic heterocycles. The average molecular weight is 242 g/mol. The number of hydrogen-bond donors (Lipinski definition) is 1. The second-order valence-electron chi connectivity index (χ2n) is 4.28. The molecule has 0 amide bonds. The molecule has 5 heteroatoms. The Morgan fingerprint density at radius 2 is 2.22 bits per heavy atom. The SMILES string of the molecule is Cc1nc2ccc(-c3cn(C)nc3CN)cc2o1. The van der Waals surface area contributed by atoms with E-state index in [0.29, 0.717) is 12.4 Å². The van der Waals surface area contributed by atoms with Crippen LogP contribution < -0.4 is 5.73 Å². The highest BCUT2D eigenvalue weighted by molar-refractivity contribution is 5.80. The number of aryl methyl sites for hydroxylation is 2. The summed E-state index contributed by atoms with van der Waals surface area (Å²) in [5.74, 6) is 0.674. The second kappa shape index (κ2) is 3.96. The maximum absolute atomic E-state index is 5.71. The summed E-state index contributed by atoms with van der Waals surface area (Å²) < 4.78 is 7.31. The molecule has 0 saturated heterocycles. The van der Waals surface area contributed by atoms with Gasteiger partial charge in [-0.15, -0.1) is 0 Å². The van der Waals surface area contributed by atoms with Crippen LogP contribution in [0.3, 0.4) is 0 Å². The zero-order chi connectivity index (χ0) is 12.7. The van der Waals surface area contributed by atoms with Crippen molar-refractivity contribution >= 4 is 11.1 Å². The van der Waals surface area contributed by atoms with E-state index in [4.69, 9.17) is 10.2 Å². The lowest BCUT2D eigenvalue weighted by atomic mass is 10.1. The molecule has 5 nitrogen and oxygen atoms in total. The molecule has 92 valence electrons. The van der Waals surface area contributed by atoms with E-state index in [1.807, 2.05) is 38.4 Å². The fourth-order valence-electron chi connectivity index (χ4n) is 2.13. The molecule has 3 aromatic rings. The summed E-state index contributed by atoms with van der Waals surface area (Å²) in [5.41, 5.74) is 10.3. The third kappa shape index (κ3) is 1.69. The Morgan fingerprint density at radius 3 is 3.00 bits per heavy atom. The topological polar surface area (TPSA) is 69.9 Å². The maximum Gasteiger partial charge on any atom is 0.192 e. The highest BCUT2D eigenvalue weighted by atomic mass is 16.3. The molecule has 18 heavy (non-hydrogen) atoms. The van der Waals surface area contributed by atoms with Gasteiger partial charge >= 0.3 is 0 Å². The number of aromatic nitrogens is 3. The molecule has 0 aliphatic heterocycles. The van der Waals surface area contributed by atoms with E-state index >= 15 is 0 Å². The summed E-state index contributed by atoms with van der Waals surface area (Å²) in [5, 5.41) is 4.34. The number of benzene rings is 1. The van der Waals surface area contributed by atoms with Crippen molar-refractivity contribution in [3.63, 3.8) is 0 Å². The monoisotopic (exact) mass is 242 g/mol. The highest BCUT2D eigenvalue weighted by Gasteiger charge is 2.10. The van der Waals surface area contributed by atoms with Crippen LogP contribution in [0, 0.1) is 6.92 Å². The molecular formula is C13H14N4O. The van der Waals surface area contributed by atoms with Crippen molar-refractivity contribution in [2.24, 2.45) is 12.8 Å². The lowest BCUT2D eigenvalue weighted by molar-refractivity contribution is 0.561. The van der Waals surface area contributed by atoms with Gasteiger partial charge in [-0.1, -0.05) is 6.07 Å². The molecule has 0 spiro atoms. The minimum Gasteiger partial charge on any atom is -0.441 e. The maximum atomic E-state index is 5.71. The van der Waals surface area contributed by atoms with Gasteiger partial charge in [0.2, 0.25) is 0 Å². The number of nitrogens with zero attached hydrogens (tertiary/aromatic N) is 3. The van der Waals surface area contributed by atoms with E-state index in [1.54, 1.807) is 4.68 Å². The van der Waals surface area contributed by atoms with Gasteiger partial charge in [0.15, 0.2) is 11.5 Å². The molecule has 0 fully saturated rings. The Morgan fingerprint density at radius 1 is 1.39 bits per heavy atom. The lowest BCUT2D eigenvalue weighted by Gasteiger charge is -1.99. The van der Waals surface area contributed by atoms with Gasteiger partial charge in [0.1, 0.15) is 5.52 Å². The molecule has 0 unspecified atom stereocenters. The number of fused-ring (bicyclic) bond motifs is 1. The van der Waals surface area contributed by atoms with Crippen molar-refractivity contribution < 1.29 is 4.42 Å². The van der Waals surface area contributed by atoms with Gasteiger partial charge in [0, 0.05) is 32.3 Å². The zero-order valence-corrected chi connectivity index (χ0v) is 10.3. The molecular weight excluding hydrogens is 228 g/mol. The Bertz CT molecular complexity index is 711. The van der Waals surface area contributed by atoms with Crippen molar-refractivity contribution in [2.45, 2.75) is 13.5 Å². The van der Waals surface area contributed by atoms with Crippen molar-refractivity contribution in [1.29, 1.82) is 0 Å². The third-order valence-electron chi connectivity index (χ3n) is 2.91. The van der Waals surface area contributed by atoms with Crippen LogP contribution in [0.15, 0.2) is 28.8 Å². The molecule has 2 heterocycles. The summed E-state index contributed by atoms with van der Waals surface area (Å²) in [6, 6.07) is 5.94. The predicted molar refractivity (Wildman–Crippen MR) is 68.8 cm³/mol. The number of oxazole rings is 1. The average Bonchev–Trinajstić information content (AvgIpc) is 2.89.